The van der Waals surface area contributed by atoms with Crippen molar-refractivity contribution in [2.45, 2.75) is 19.9 Å². The number of carbonyl (C=O) groups is 1. The van der Waals surface area contributed by atoms with E-state index in [1.807, 2.05) is 40.8 Å². The molecule has 9 heteroatoms. The van der Waals surface area contributed by atoms with Gasteiger partial charge in [0.25, 0.3) is 11.5 Å². The number of methoxy groups -OCH3 is 1. The van der Waals surface area contributed by atoms with Gasteiger partial charge in [0.05, 0.1) is 17.8 Å². The first-order chi connectivity index (χ1) is 19.3. The summed E-state index contributed by atoms with van der Waals surface area (Å²) in [7, 11) is 3.37. The Bertz CT molecular complexity index is 1840. The number of rotatable bonds is 4. The summed E-state index contributed by atoms with van der Waals surface area (Å²) in [6, 6.07) is 21.3. The molecule has 3 aromatic carbocycles. The van der Waals surface area contributed by atoms with Crippen LogP contribution in [0.1, 0.15) is 23.0 Å². The SMILES string of the molecule is COc1ccc(-n2nc(C(=O)N3CCN(c4cccc(C)c4)C(C)C3)c3c4ccccc4n(C)c3c2=O)cc1Cl. The fraction of sp³-hybridized carbons (Fsp3) is 0.258. The second-order valence-corrected chi connectivity index (χ2v) is 10.7. The first-order valence-electron chi connectivity index (χ1n) is 13.3. The predicted molar refractivity (Wildman–Crippen MR) is 159 cm³/mol. The lowest BCUT2D eigenvalue weighted by atomic mass is 10.1. The summed E-state index contributed by atoms with van der Waals surface area (Å²) in [5.74, 6) is 0.284. The minimum atomic E-state index is -0.330. The largest absolute Gasteiger partial charge is 0.495 e. The van der Waals surface area contributed by atoms with Crippen LogP contribution in [0.15, 0.2) is 71.5 Å². The topological polar surface area (TPSA) is 72.6 Å². The van der Waals surface area contributed by atoms with Crippen LogP contribution < -0.4 is 15.2 Å². The number of aromatic nitrogens is 3. The number of hydrogen-bond acceptors (Lipinski definition) is 5. The Hall–Kier alpha value is -4.30. The van der Waals surface area contributed by atoms with E-state index in [-0.39, 0.29) is 23.2 Å². The van der Waals surface area contributed by atoms with E-state index in [4.69, 9.17) is 21.4 Å². The van der Waals surface area contributed by atoms with Gasteiger partial charge < -0.3 is 19.1 Å². The number of nitrogens with zero attached hydrogens (tertiary/aromatic N) is 5. The number of halogens is 1. The maximum absolute atomic E-state index is 14.2. The highest BCUT2D eigenvalue weighted by Crippen LogP contribution is 2.31. The molecule has 204 valence electrons. The van der Waals surface area contributed by atoms with Crippen molar-refractivity contribution >= 4 is 45.0 Å². The van der Waals surface area contributed by atoms with Crippen molar-refractivity contribution in [1.29, 1.82) is 0 Å². The third-order valence-electron chi connectivity index (χ3n) is 7.77. The van der Waals surface area contributed by atoms with Gasteiger partial charge in [-0.05, 0) is 55.8 Å². The van der Waals surface area contributed by atoms with E-state index in [2.05, 4.69) is 43.0 Å². The van der Waals surface area contributed by atoms with E-state index in [1.165, 1.54) is 17.4 Å². The fourth-order valence-corrected chi connectivity index (χ4v) is 6.02. The van der Waals surface area contributed by atoms with Crippen LogP contribution in [0, 0.1) is 6.92 Å². The van der Waals surface area contributed by atoms with Gasteiger partial charge in [0.15, 0.2) is 5.69 Å². The number of aryl methyl sites for hydroxylation is 2. The smallest absolute Gasteiger partial charge is 0.296 e. The second-order valence-electron chi connectivity index (χ2n) is 10.3. The first-order valence-corrected chi connectivity index (χ1v) is 13.6. The molecular formula is C31H30ClN5O3. The van der Waals surface area contributed by atoms with Crippen molar-refractivity contribution in [2.24, 2.45) is 7.05 Å². The average molecular weight is 556 g/mol. The minimum absolute atomic E-state index is 0.105. The monoisotopic (exact) mass is 555 g/mol. The predicted octanol–water partition coefficient (Wildman–Crippen LogP) is 5.20. The van der Waals surface area contributed by atoms with Gasteiger partial charge in [0, 0.05) is 54.7 Å². The Labute approximate surface area is 236 Å². The molecule has 40 heavy (non-hydrogen) atoms. The summed E-state index contributed by atoms with van der Waals surface area (Å²) in [5, 5.41) is 6.44. The van der Waals surface area contributed by atoms with Crippen LogP contribution >= 0.6 is 11.6 Å². The van der Waals surface area contributed by atoms with Gasteiger partial charge in [-0.2, -0.15) is 9.78 Å². The third-order valence-corrected chi connectivity index (χ3v) is 8.06. The number of carbonyl (C=O) groups excluding carboxylic acids is 1. The van der Waals surface area contributed by atoms with E-state index in [0.717, 1.165) is 16.6 Å². The molecule has 5 aromatic rings. The Balaban J connectivity index is 1.48. The van der Waals surface area contributed by atoms with Gasteiger partial charge in [-0.25, -0.2) is 0 Å². The summed E-state index contributed by atoms with van der Waals surface area (Å²) < 4.78 is 8.39. The zero-order chi connectivity index (χ0) is 28.1. The molecule has 0 saturated carbocycles. The number of anilines is 1. The highest BCUT2D eigenvalue weighted by Gasteiger charge is 2.31. The summed E-state index contributed by atoms with van der Waals surface area (Å²) >= 11 is 6.41. The van der Waals surface area contributed by atoms with Crippen molar-refractivity contribution in [2.75, 3.05) is 31.6 Å². The number of amides is 1. The van der Waals surface area contributed by atoms with Crippen molar-refractivity contribution in [3.05, 3.63) is 93.4 Å². The van der Waals surface area contributed by atoms with Gasteiger partial charge in [-0.15, -0.1) is 0 Å². The summed E-state index contributed by atoms with van der Waals surface area (Å²) in [5.41, 5.74) is 3.99. The van der Waals surface area contributed by atoms with E-state index in [0.29, 0.717) is 47.0 Å². The van der Waals surface area contributed by atoms with Gasteiger partial charge in [0.1, 0.15) is 11.3 Å². The van der Waals surface area contributed by atoms with E-state index in [1.54, 1.807) is 18.2 Å². The molecule has 0 N–H and O–H groups in total. The molecule has 3 heterocycles. The Morgan fingerprint density at radius 2 is 1.82 bits per heavy atom. The molecule has 1 fully saturated rings. The normalized spacial score (nSPS) is 15.7. The molecule has 1 saturated heterocycles. The molecule has 1 aliphatic rings. The molecule has 0 aliphatic carbocycles. The van der Waals surface area contributed by atoms with E-state index < -0.39 is 0 Å². The molecule has 0 bridgehead atoms. The van der Waals surface area contributed by atoms with Gasteiger partial charge in [0.2, 0.25) is 0 Å². The van der Waals surface area contributed by atoms with Crippen LogP contribution in [-0.2, 0) is 7.05 Å². The molecule has 6 rings (SSSR count). The molecule has 2 aromatic heterocycles. The lowest BCUT2D eigenvalue weighted by Crippen LogP contribution is -2.54. The fourth-order valence-electron chi connectivity index (χ4n) is 5.77. The van der Waals surface area contributed by atoms with E-state index >= 15 is 0 Å². The summed E-state index contributed by atoms with van der Waals surface area (Å²) in [6.45, 7) is 5.98. The second kappa shape index (κ2) is 10.0. The Morgan fingerprint density at radius 3 is 2.55 bits per heavy atom. The van der Waals surface area contributed by atoms with Crippen LogP contribution in [0.3, 0.4) is 0 Å². The number of para-hydroxylation sites is 1. The summed E-state index contributed by atoms with van der Waals surface area (Å²) in [4.78, 5) is 32.3. The highest BCUT2D eigenvalue weighted by molar-refractivity contribution is 6.32. The van der Waals surface area contributed by atoms with Gasteiger partial charge in [-0.1, -0.05) is 41.9 Å². The molecule has 8 nitrogen and oxygen atoms in total. The number of fused-ring (bicyclic) bond motifs is 3. The van der Waals surface area contributed by atoms with Gasteiger partial charge in [-0.3, -0.25) is 9.59 Å². The molecule has 0 radical (unpaired) electrons. The van der Waals surface area contributed by atoms with Crippen molar-refractivity contribution in [3.8, 4) is 11.4 Å². The zero-order valence-electron chi connectivity index (χ0n) is 22.9. The van der Waals surface area contributed by atoms with Crippen molar-refractivity contribution in [3.63, 3.8) is 0 Å². The standard InChI is InChI=1S/C31H30ClN5O3/c1-19-8-7-9-21(16-19)36-15-14-35(18-20(36)2)30(38)28-27-23-10-5-6-11-25(23)34(3)29(27)31(39)37(33-28)22-12-13-26(40-4)24(32)17-22/h5-13,16-17,20H,14-15,18H2,1-4H3. The number of ether oxygens (including phenoxy) is 1. The number of hydrogen-bond donors (Lipinski definition) is 0. The molecule has 1 aliphatic heterocycles. The summed E-state index contributed by atoms with van der Waals surface area (Å²) in [6.07, 6.45) is 0. The maximum Gasteiger partial charge on any atom is 0.296 e. The quantitative estimate of drug-likeness (QED) is 0.305. The van der Waals surface area contributed by atoms with Crippen LogP contribution in [0.5, 0.6) is 5.75 Å². The molecule has 1 atom stereocenters. The first kappa shape index (κ1) is 26.0. The minimum Gasteiger partial charge on any atom is -0.495 e. The lowest BCUT2D eigenvalue weighted by Gasteiger charge is -2.41. The number of piperazine rings is 1. The van der Waals surface area contributed by atoms with Crippen LogP contribution in [-0.4, -0.2) is 57.9 Å². The van der Waals surface area contributed by atoms with Crippen LogP contribution in [0.4, 0.5) is 5.69 Å². The molecule has 1 amide bonds. The highest BCUT2D eigenvalue weighted by atomic mass is 35.5. The van der Waals surface area contributed by atoms with E-state index in [9.17, 15) is 9.59 Å². The average Bonchev–Trinajstić information content (AvgIpc) is 3.26. The van der Waals surface area contributed by atoms with Crippen molar-refractivity contribution in [1.82, 2.24) is 19.2 Å². The third kappa shape index (κ3) is 4.19. The molecular weight excluding hydrogens is 526 g/mol. The maximum atomic E-state index is 14.2. The number of benzene rings is 3. The van der Waals surface area contributed by atoms with Crippen LogP contribution in [0.2, 0.25) is 5.02 Å². The molecule has 1 unspecified atom stereocenters. The Kier molecular flexibility index (Phi) is 6.50. The lowest BCUT2D eigenvalue weighted by molar-refractivity contribution is 0.0721. The zero-order valence-corrected chi connectivity index (χ0v) is 23.6. The van der Waals surface area contributed by atoms with Crippen LogP contribution in [0.25, 0.3) is 27.5 Å². The molecule has 0 spiro atoms. The Morgan fingerprint density at radius 1 is 1.02 bits per heavy atom. The van der Waals surface area contributed by atoms with Gasteiger partial charge >= 0.3 is 0 Å². The van der Waals surface area contributed by atoms with Crippen molar-refractivity contribution < 1.29 is 9.53 Å².